The van der Waals surface area contributed by atoms with Crippen molar-refractivity contribution in [2.75, 3.05) is 79.4 Å². The van der Waals surface area contributed by atoms with Gasteiger partial charge in [-0.3, -0.25) is 9.62 Å². The summed E-state index contributed by atoms with van der Waals surface area (Å²) in [7, 11) is -1.34. The summed E-state index contributed by atoms with van der Waals surface area (Å²) < 4.78 is 33.3. The van der Waals surface area contributed by atoms with Crippen LogP contribution in [-0.2, 0) is 16.4 Å². The predicted octanol–water partition coefficient (Wildman–Crippen LogP) is 5.56. The molecule has 236 valence electrons. The third-order valence-electron chi connectivity index (χ3n) is 8.26. The lowest BCUT2D eigenvalue weighted by molar-refractivity contribution is 0.0982. The van der Waals surface area contributed by atoms with Crippen molar-refractivity contribution in [3.63, 3.8) is 0 Å². The third-order valence-corrected chi connectivity index (χ3v) is 10.1. The van der Waals surface area contributed by atoms with E-state index < -0.39 is 10.0 Å². The molecular formula is C29H35BrCl2N8O3S. The van der Waals surface area contributed by atoms with Gasteiger partial charge in [-0.05, 0) is 59.6 Å². The van der Waals surface area contributed by atoms with Gasteiger partial charge in [0.1, 0.15) is 10.8 Å². The zero-order chi connectivity index (χ0) is 31.0. The van der Waals surface area contributed by atoms with Crippen molar-refractivity contribution in [3.05, 3.63) is 50.5 Å². The topological polar surface area (TPSA) is 115 Å². The molecule has 3 aromatic rings. The van der Waals surface area contributed by atoms with Gasteiger partial charge in [0.2, 0.25) is 16.0 Å². The Morgan fingerprint density at radius 3 is 2.43 bits per heavy atom. The van der Waals surface area contributed by atoms with Crippen molar-refractivity contribution in [2.45, 2.75) is 25.3 Å². The number of rotatable bonds is 8. The Balaban J connectivity index is 1.16. The fraction of sp³-hybridized carbons (Fsp3) is 0.448. The Hall–Kier alpha value is -2.55. The van der Waals surface area contributed by atoms with Crippen LogP contribution in [0.25, 0.3) is 0 Å². The number of anilines is 6. The molecule has 0 atom stereocenters. The van der Waals surface area contributed by atoms with Gasteiger partial charge in [0, 0.05) is 62.3 Å². The minimum Gasteiger partial charge on any atom is -0.493 e. The summed E-state index contributed by atoms with van der Waals surface area (Å²) in [6, 6.07) is 8.02. The molecular weight excluding hydrogens is 691 g/mol. The summed E-state index contributed by atoms with van der Waals surface area (Å²) in [5.74, 6) is 1.23. The number of aromatic nitrogens is 2. The summed E-state index contributed by atoms with van der Waals surface area (Å²) in [4.78, 5) is 16.3. The van der Waals surface area contributed by atoms with E-state index in [1.165, 1.54) is 6.20 Å². The molecule has 11 nitrogen and oxygen atoms in total. The van der Waals surface area contributed by atoms with Crippen LogP contribution in [0.3, 0.4) is 0 Å². The first-order valence-electron chi connectivity index (χ1n) is 14.5. The van der Waals surface area contributed by atoms with Crippen LogP contribution >= 0.6 is 39.1 Å². The molecule has 15 heteroatoms. The molecule has 2 aromatic carbocycles. The molecule has 2 fully saturated rings. The number of hydrogen-bond donors (Lipinski definition) is 3. The third kappa shape index (κ3) is 7.29. The van der Waals surface area contributed by atoms with Crippen molar-refractivity contribution in [1.82, 2.24) is 19.8 Å². The first kappa shape index (κ1) is 31.4. The largest absolute Gasteiger partial charge is 0.493 e. The van der Waals surface area contributed by atoms with Crippen LogP contribution in [0.5, 0.6) is 5.75 Å². The molecule has 0 amide bonds. The minimum absolute atomic E-state index is 0.255. The van der Waals surface area contributed by atoms with E-state index >= 15 is 0 Å². The monoisotopic (exact) mass is 724 g/mol. The lowest BCUT2D eigenvalue weighted by atomic mass is 10.0. The zero-order valence-corrected chi connectivity index (χ0v) is 28.5. The SMILES string of the molecule is CN1CCN(C2CCN(c3cc(Cl)c(Nc4ncc(Cl)c(Nc5cc6c(cc5NS(C)(=O)=O)CCO6)n4)cc3Br)CC2)CC1. The number of sulfonamides is 1. The van der Waals surface area contributed by atoms with E-state index in [1.54, 1.807) is 12.1 Å². The Morgan fingerprint density at radius 1 is 0.955 bits per heavy atom. The Labute approximate surface area is 276 Å². The zero-order valence-electron chi connectivity index (χ0n) is 24.5. The second-order valence-corrected chi connectivity index (χ2v) is 14.9. The van der Waals surface area contributed by atoms with Crippen LogP contribution in [0, 0.1) is 0 Å². The Morgan fingerprint density at radius 2 is 1.70 bits per heavy atom. The van der Waals surface area contributed by atoms with Gasteiger partial charge in [0.15, 0.2) is 5.82 Å². The van der Waals surface area contributed by atoms with Crippen molar-refractivity contribution in [2.24, 2.45) is 0 Å². The van der Waals surface area contributed by atoms with Crippen molar-refractivity contribution >= 4 is 83.7 Å². The van der Waals surface area contributed by atoms with E-state index in [-0.39, 0.29) is 16.8 Å². The molecule has 44 heavy (non-hydrogen) atoms. The van der Waals surface area contributed by atoms with Crippen molar-refractivity contribution in [1.29, 1.82) is 0 Å². The molecule has 6 rings (SSSR count). The predicted molar refractivity (Wildman–Crippen MR) is 181 cm³/mol. The number of halogens is 3. The quantitative estimate of drug-likeness (QED) is 0.273. The lowest BCUT2D eigenvalue weighted by Gasteiger charge is -2.42. The first-order valence-corrected chi connectivity index (χ1v) is 18.0. The van der Waals surface area contributed by atoms with Crippen LogP contribution in [0.2, 0.25) is 10.0 Å². The van der Waals surface area contributed by atoms with E-state index in [0.717, 1.165) is 74.1 Å². The van der Waals surface area contributed by atoms with Crippen molar-refractivity contribution in [3.8, 4) is 5.75 Å². The number of piperazine rings is 1. The van der Waals surface area contributed by atoms with Gasteiger partial charge >= 0.3 is 0 Å². The Kier molecular flexibility index (Phi) is 9.32. The summed E-state index contributed by atoms with van der Waals surface area (Å²) in [5.41, 5.74) is 3.43. The molecule has 0 saturated carbocycles. The molecule has 0 spiro atoms. The average molecular weight is 727 g/mol. The minimum atomic E-state index is -3.53. The highest BCUT2D eigenvalue weighted by Gasteiger charge is 2.28. The first-order chi connectivity index (χ1) is 21.0. The van der Waals surface area contributed by atoms with Crippen LogP contribution in [0.15, 0.2) is 34.9 Å². The molecule has 2 saturated heterocycles. The van der Waals surface area contributed by atoms with E-state index in [1.807, 2.05) is 12.1 Å². The van der Waals surface area contributed by atoms with E-state index in [4.69, 9.17) is 27.9 Å². The van der Waals surface area contributed by atoms with Gasteiger partial charge in [-0.2, -0.15) is 4.98 Å². The highest BCUT2D eigenvalue weighted by molar-refractivity contribution is 9.10. The maximum absolute atomic E-state index is 12.0. The van der Waals surface area contributed by atoms with Crippen LogP contribution in [0.1, 0.15) is 18.4 Å². The molecule has 0 aliphatic carbocycles. The van der Waals surface area contributed by atoms with Gasteiger partial charge in [0.05, 0.1) is 46.8 Å². The fourth-order valence-corrected chi connectivity index (χ4v) is 7.42. The van der Waals surface area contributed by atoms with Crippen LogP contribution in [0.4, 0.5) is 34.5 Å². The fourth-order valence-electron chi connectivity index (χ4n) is 5.91. The molecule has 0 radical (unpaired) electrons. The van der Waals surface area contributed by atoms with E-state index in [0.29, 0.717) is 46.9 Å². The Bertz CT molecular complexity index is 1650. The number of piperidine rings is 1. The maximum Gasteiger partial charge on any atom is 0.229 e. The second-order valence-electron chi connectivity index (χ2n) is 11.5. The van der Waals surface area contributed by atoms with Crippen LogP contribution in [-0.4, -0.2) is 93.4 Å². The van der Waals surface area contributed by atoms with Crippen molar-refractivity contribution < 1.29 is 13.2 Å². The number of nitrogens with one attached hydrogen (secondary N) is 3. The number of benzene rings is 2. The number of fused-ring (bicyclic) bond motifs is 1. The molecule has 0 bridgehead atoms. The summed E-state index contributed by atoms with van der Waals surface area (Å²) in [6.45, 7) is 7.02. The number of hydrogen-bond acceptors (Lipinski definition) is 10. The standard InChI is InChI=1S/C29H35BrCl2N8O3S/c1-38-8-10-39(11-9-38)19-3-6-40(7-4-19)26-15-21(31)23(14-20(26)30)35-29-33-17-22(32)28(36-29)34-24-16-27-18(5-12-43-27)13-25(24)37-44(2,41)42/h13-17,19,37H,3-12H2,1-2H3,(H2,33,34,35,36). The summed E-state index contributed by atoms with van der Waals surface area (Å²) in [5, 5.41) is 7.13. The molecule has 3 aliphatic heterocycles. The van der Waals surface area contributed by atoms with Crippen LogP contribution < -0.4 is 25.0 Å². The average Bonchev–Trinajstić information content (AvgIpc) is 3.43. The molecule has 1 aromatic heterocycles. The van der Waals surface area contributed by atoms with Gasteiger partial charge in [-0.25, -0.2) is 13.4 Å². The normalized spacial score (nSPS) is 18.2. The van der Waals surface area contributed by atoms with Gasteiger partial charge < -0.3 is 25.2 Å². The summed E-state index contributed by atoms with van der Waals surface area (Å²) in [6.07, 6.45) is 5.51. The van der Waals surface area contributed by atoms with E-state index in [2.05, 4.69) is 63.0 Å². The van der Waals surface area contributed by atoms with E-state index in [9.17, 15) is 8.42 Å². The smallest absolute Gasteiger partial charge is 0.229 e. The maximum atomic E-state index is 12.0. The van der Waals surface area contributed by atoms with Gasteiger partial charge in [-0.1, -0.05) is 23.2 Å². The number of likely N-dealkylation sites (N-methyl/N-ethyl adjacent to an activating group) is 1. The van der Waals surface area contributed by atoms with Gasteiger partial charge in [0.25, 0.3) is 0 Å². The number of nitrogens with zero attached hydrogens (tertiary/aromatic N) is 5. The van der Waals surface area contributed by atoms with Gasteiger partial charge in [-0.15, -0.1) is 0 Å². The molecule has 0 unspecified atom stereocenters. The molecule has 4 heterocycles. The second kappa shape index (κ2) is 13.1. The number of ether oxygens (including phenoxy) is 1. The highest BCUT2D eigenvalue weighted by atomic mass is 79.9. The lowest BCUT2D eigenvalue weighted by Crippen LogP contribution is -2.52. The summed E-state index contributed by atoms with van der Waals surface area (Å²) >= 11 is 17.0. The molecule has 3 N–H and O–H groups in total. The molecule has 3 aliphatic rings. The highest BCUT2D eigenvalue weighted by Crippen LogP contribution is 2.39.